The minimum atomic E-state index is -3.44. The van der Waals surface area contributed by atoms with Gasteiger partial charge in [0.15, 0.2) is 0 Å². The monoisotopic (exact) mass is 440 g/mol. The zero-order chi connectivity index (χ0) is 17.4. The van der Waals surface area contributed by atoms with E-state index < -0.39 is 10.0 Å². The Bertz CT molecular complexity index is 695. The molecule has 3 heterocycles. The molecule has 1 aliphatic carbocycles. The zero-order valence-electron chi connectivity index (χ0n) is 15.7. The number of morpholine rings is 1. The van der Waals surface area contributed by atoms with E-state index in [4.69, 9.17) is 4.74 Å². The molecule has 2 saturated heterocycles. The molecule has 27 heavy (non-hydrogen) atoms. The lowest BCUT2D eigenvalue weighted by molar-refractivity contribution is -0.0480. The van der Waals surface area contributed by atoms with Crippen molar-refractivity contribution < 1.29 is 13.2 Å². The van der Waals surface area contributed by atoms with Gasteiger partial charge in [0.05, 0.1) is 19.4 Å². The molecule has 4 rings (SSSR count). The Morgan fingerprint density at radius 1 is 1.15 bits per heavy atom. The maximum absolute atomic E-state index is 13.1. The number of ether oxygens (including phenoxy) is 1. The molecular formula is C17H30Cl2N4O3S. The fourth-order valence-corrected chi connectivity index (χ4v) is 6.34. The van der Waals surface area contributed by atoms with Crippen LogP contribution in [0, 0.1) is 11.8 Å². The van der Waals surface area contributed by atoms with Crippen LogP contribution in [0.15, 0.2) is 17.3 Å². The van der Waals surface area contributed by atoms with Crippen molar-refractivity contribution >= 4 is 34.8 Å². The highest BCUT2D eigenvalue weighted by molar-refractivity contribution is 7.89. The van der Waals surface area contributed by atoms with Crippen LogP contribution in [-0.4, -0.2) is 72.8 Å². The number of nitrogens with zero attached hydrogens (tertiary/aromatic N) is 4. The number of fused-ring (bicyclic) bond motifs is 2. The lowest BCUT2D eigenvalue weighted by atomic mass is 9.73. The molecule has 0 amide bonds. The van der Waals surface area contributed by atoms with Crippen molar-refractivity contribution in [3.05, 3.63) is 12.4 Å². The fraction of sp³-hybridized carbons (Fsp3) is 0.824. The SMILES string of the molecule is CCn1cc(S(=O)(=O)N2CC3CCCC(C2)C3N2CCOCC2)cn1.Cl.Cl. The Kier molecular flexibility index (Phi) is 7.98. The molecule has 1 saturated carbocycles. The molecule has 0 N–H and O–H groups in total. The maximum Gasteiger partial charge on any atom is 0.246 e. The normalized spacial score (nSPS) is 29.6. The Morgan fingerprint density at radius 3 is 2.33 bits per heavy atom. The average Bonchev–Trinajstić information content (AvgIpc) is 3.11. The minimum absolute atomic E-state index is 0. The van der Waals surface area contributed by atoms with Gasteiger partial charge in [0.25, 0.3) is 0 Å². The van der Waals surface area contributed by atoms with Crippen molar-refractivity contribution in [3.8, 4) is 0 Å². The van der Waals surface area contributed by atoms with Crippen molar-refractivity contribution in [1.82, 2.24) is 19.0 Å². The van der Waals surface area contributed by atoms with Crippen molar-refractivity contribution in [1.29, 1.82) is 0 Å². The molecule has 10 heteroatoms. The summed E-state index contributed by atoms with van der Waals surface area (Å²) in [4.78, 5) is 2.88. The van der Waals surface area contributed by atoms with Crippen LogP contribution >= 0.6 is 24.8 Å². The lowest BCUT2D eigenvalue weighted by Gasteiger charge is -2.51. The number of halogens is 2. The van der Waals surface area contributed by atoms with Crippen LogP contribution in [0.3, 0.4) is 0 Å². The van der Waals surface area contributed by atoms with Crippen molar-refractivity contribution in [3.63, 3.8) is 0 Å². The standard InChI is InChI=1S/C17H28N4O3S.2ClH/c1-2-20-13-16(10-18-20)25(22,23)21-11-14-4-3-5-15(12-21)17(14)19-6-8-24-9-7-19;;/h10,13-15,17H,2-9,11-12H2,1H3;2*1H. The predicted molar refractivity (Wildman–Crippen MR) is 108 cm³/mol. The molecule has 0 spiro atoms. The molecule has 0 aromatic carbocycles. The molecule has 2 atom stereocenters. The van der Waals surface area contributed by atoms with Crippen LogP contribution in [-0.2, 0) is 21.3 Å². The molecule has 2 unspecified atom stereocenters. The molecule has 156 valence electrons. The van der Waals surface area contributed by atoms with Gasteiger partial charge in [-0.15, -0.1) is 24.8 Å². The van der Waals surface area contributed by atoms with Gasteiger partial charge in [-0.1, -0.05) is 6.42 Å². The molecular weight excluding hydrogens is 411 g/mol. The topological polar surface area (TPSA) is 67.7 Å². The smallest absolute Gasteiger partial charge is 0.246 e. The number of hydrogen-bond donors (Lipinski definition) is 0. The molecule has 7 nitrogen and oxygen atoms in total. The molecule has 2 aliphatic heterocycles. The highest BCUT2D eigenvalue weighted by Gasteiger charge is 2.45. The second kappa shape index (κ2) is 9.41. The number of sulfonamides is 1. The Balaban J connectivity index is 0.00000131. The Labute approximate surface area is 174 Å². The number of piperidine rings is 1. The Hall–Kier alpha value is -0.380. The first-order valence-electron chi connectivity index (χ1n) is 9.44. The van der Waals surface area contributed by atoms with E-state index in [1.807, 2.05) is 6.92 Å². The predicted octanol–water partition coefficient (Wildman–Crippen LogP) is 1.87. The average molecular weight is 441 g/mol. The summed E-state index contributed by atoms with van der Waals surface area (Å²) in [6.45, 7) is 7.47. The van der Waals surface area contributed by atoms with Crippen LogP contribution in [0.5, 0.6) is 0 Å². The van der Waals surface area contributed by atoms with E-state index in [1.165, 1.54) is 12.6 Å². The quantitative estimate of drug-likeness (QED) is 0.714. The third kappa shape index (κ3) is 4.46. The summed E-state index contributed by atoms with van der Waals surface area (Å²) >= 11 is 0. The number of aromatic nitrogens is 2. The number of rotatable bonds is 4. The molecule has 0 radical (unpaired) electrons. The summed E-state index contributed by atoms with van der Waals surface area (Å²) in [5, 5.41) is 4.15. The summed E-state index contributed by atoms with van der Waals surface area (Å²) in [5.41, 5.74) is 0. The van der Waals surface area contributed by atoms with Crippen LogP contribution in [0.1, 0.15) is 26.2 Å². The van der Waals surface area contributed by atoms with Gasteiger partial charge >= 0.3 is 0 Å². The van der Waals surface area contributed by atoms with E-state index >= 15 is 0 Å². The van der Waals surface area contributed by atoms with E-state index in [1.54, 1.807) is 15.2 Å². The second-order valence-corrected chi connectivity index (χ2v) is 9.38. The van der Waals surface area contributed by atoms with Gasteiger partial charge in [-0.25, -0.2) is 8.42 Å². The molecule has 3 fully saturated rings. The zero-order valence-corrected chi connectivity index (χ0v) is 18.1. The largest absolute Gasteiger partial charge is 0.379 e. The van der Waals surface area contributed by atoms with Gasteiger partial charge in [0.1, 0.15) is 4.90 Å². The molecule has 3 aliphatic rings. The van der Waals surface area contributed by atoms with Gasteiger partial charge in [0.2, 0.25) is 10.0 Å². The highest BCUT2D eigenvalue weighted by atomic mass is 35.5. The van der Waals surface area contributed by atoms with Gasteiger partial charge < -0.3 is 4.74 Å². The number of hydrogen-bond acceptors (Lipinski definition) is 5. The van der Waals surface area contributed by atoms with Gasteiger partial charge in [0, 0.05) is 45.0 Å². The van der Waals surface area contributed by atoms with Gasteiger partial charge in [-0.2, -0.15) is 9.40 Å². The summed E-state index contributed by atoms with van der Waals surface area (Å²) in [6, 6.07) is 0.516. The molecule has 1 aromatic rings. The maximum atomic E-state index is 13.1. The first-order valence-corrected chi connectivity index (χ1v) is 10.9. The molecule has 2 bridgehead atoms. The van der Waals surface area contributed by atoms with Crippen molar-refractivity contribution in [2.24, 2.45) is 11.8 Å². The van der Waals surface area contributed by atoms with E-state index in [-0.39, 0.29) is 24.8 Å². The van der Waals surface area contributed by atoms with Crippen molar-refractivity contribution in [2.45, 2.75) is 43.7 Å². The first kappa shape index (κ1) is 22.9. The lowest BCUT2D eigenvalue weighted by Crippen LogP contribution is -2.60. The van der Waals surface area contributed by atoms with Gasteiger partial charge in [-0.3, -0.25) is 9.58 Å². The minimum Gasteiger partial charge on any atom is -0.379 e. The van der Waals surface area contributed by atoms with E-state index in [0.29, 0.717) is 42.4 Å². The van der Waals surface area contributed by atoms with E-state index in [9.17, 15) is 8.42 Å². The summed E-state index contributed by atoms with van der Waals surface area (Å²) in [7, 11) is -3.44. The van der Waals surface area contributed by atoms with E-state index in [2.05, 4.69) is 10.00 Å². The summed E-state index contributed by atoms with van der Waals surface area (Å²) in [5.74, 6) is 0.864. The Morgan fingerprint density at radius 2 is 1.78 bits per heavy atom. The third-order valence-electron chi connectivity index (χ3n) is 6.03. The second-order valence-electron chi connectivity index (χ2n) is 7.44. The molecule has 1 aromatic heterocycles. The van der Waals surface area contributed by atoms with Crippen molar-refractivity contribution in [2.75, 3.05) is 39.4 Å². The van der Waals surface area contributed by atoms with Gasteiger partial charge in [-0.05, 0) is 31.6 Å². The van der Waals surface area contributed by atoms with Crippen LogP contribution in [0.2, 0.25) is 0 Å². The van der Waals surface area contributed by atoms with E-state index in [0.717, 1.165) is 39.1 Å². The van der Waals surface area contributed by atoms with Crippen LogP contribution < -0.4 is 0 Å². The van der Waals surface area contributed by atoms with Crippen LogP contribution in [0.4, 0.5) is 0 Å². The fourth-order valence-electron chi connectivity index (χ4n) is 4.83. The third-order valence-corrected chi connectivity index (χ3v) is 7.82. The van der Waals surface area contributed by atoms with Crippen LogP contribution in [0.25, 0.3) is 0 Å². The number of aryl methyl sites for hydroxylation is 1. The summed E-state index contributed by atoms with van der Waals surface area (Å²) in [6.07, 6.45) is 6.61. The first-order chi connectivity index (χ1) is 12.1. The highest BCUT2D eigenvalue weighted by Crippen LogP contribution is 2.39. The summed E-state index contributed by atoms with van der Waals surface area (Å²) < 4.78 is 35.0.